The average Bonchev–Trinajstić information content (AvgIpc) is 3.18. The molecule has 0 aromatic rings. The molecule has 0 spiro atoms. The molecule has 26 heavy (non-hydrogen) atoms. The van der Waals surface area contributed by atoms with Gasteiger partial charge in [-0.3, -0.25) is 4.79 Å². The fourth-order valence-electron chi connectivity index (χ4n) is 7.84. The number of rotatable bonds is 1. The van der Waals surface area contributed by atoms with Crippen molar-refractivity contribution in [1.82, 2.24) is 5.32 Å². The zero-order chi connectivity index (χ0) is 18.1. The third-order valence-electron chi connectivity index (χ3n) is 9.19. The number of fused-ring (bicyclic) bond motifs is 5. The highest BCUT2D eigenvalue weighted by Gasteiger charge is 2.60. The van der Waals surface area contributed by atoms with Gasteiger partial charge in [-0.25, -0.2) is 4.79 Å². The normalized spacial score (nSPS) is 50.2. The lowest BCUT2D eigenvalue weighted by Crippen LogP contribution is -2.51. The number of hydrogen-bond donors (Lipinski definition) is 1. The fraction of sp³-hybridized carbons (Fsp3) is 0.818. The third-order valence-corrected chi connectivity index (χ3v) is 9.19. The minimum atomic E-state index is -0.234. The molecule has 1 saturated heterocycles. The Hall–Kier alpha value is -1.32. The Morgan fingerprint density at radius 3 is 2.58 bits per heavy atom. The Balaban J connectivity index is 1.42. The van der Waals surface area contributed by atoms with Gasteiger partial charge in [-0.05, 0) is 79.6 Å². The van der Waals surface area contributed by atoms with Crippen LogP contribution in [-0.4, -0.2) is 24.5 Å². The second kappa shape index (κ2) is 5.59. The monoisotopic (exact) mass is 357 g/mol. The lowest BCUT2D eigenvalue weighted by molar-refractivity contribution is -0.117. The van der Waals surface area contributed by atoms with Crippen molar-refractivity contribution in [2.24, 2.45) is 34.5 Å². The van der Waals surface area contributed by atoms with Crippen molar-refractivity contribution < 1.29 is 14.3 Å². The summed E-state index contributed by atoms with van der Waals surface area (Å²) >= 11 is 0. The van der Waals surface area contributed by atoms with E-state index in [1.807, 2.05) is 6.08 Å². The minimum Gasteiger partial charge on any atom is -0.444 e. The molecule has 4 heteroatoms. The summed E-state index contributed by atoms with van der Waals surface area (Å²) < 4.78 is 5.62. The van der Waals surface area contributed by atoms with Crippen LogP contribution in [0.2, 0.25) is 0 Å². The van der Waals surface area contributed by atoms with E-state index in [0.717, 1.165) is 37.0 Å². The maximum Gasteiger partial charge on any atom is 0.407 e. The Bertz CT molecular complexity index is 685. The number of carbonyl (C=O) groups is 2. The molecule has 2 unspecified atom stereocenters. The summed E-state index contributed by atoms with van der Waals surface area (Å²) in [6.45, 7) is 5.61. The van der Waals surface area contributed by atoms with Gasteiger partial charge in [-0.1, -0.05) is 19.4 Å². The lowest BCUT2D eigenvalue weighted by Gasteiger charge is -2.58. The molecule has 1 N–H and O–H groups in total. The number of carbonyl (C=O) groups excluding carboxylic acids is 2. The van der Waals surface area contributed by atoms with Crippen LogP contribution in [0.15, 0.2) is 11.6 Å². The summed E-state index contributed by atoms with van der Waals surface area (Å²) in [5.41, 5.74) is 2.00. The predicted octanol–water partition coefficient (Wildman–Crippen LogP) is 4.24. The molecule has 1 aliphatic heterocycles. The summed E-state index contributed by atoms with van der Waals surface area (Å²) in [4.78, 5) is 23.5. The molecule has 0 aromatic carbocycles. The molecule has 4 aliphatic carbocycles. The highest BCUT2D eigenvalue weighted by molar-refractivity contribution is 5.91. The largest absolute Gasteiger partial charge is 0.444 e. The van der Waals surface area contributed by atoms with Gasteiger partial charge < -0.3 is 10.1 Å². The molecule has 1 amide bonds. The van der Waals surface area contributed by atoms with Crippen LogP contribution < -0.4 is 5.32 Å². The summed E-state index contributed by atoms with van der Waals surface area (Å²) in [6, 6.07) is 0. The quantitative estimate of drug-likeness (QED) is 0.763. The fourth-order valence-corrected chi connectivity index (χ4v) is 7.84. The molecule has 0 radical (unpaired) electrons. The van der Waals surface area contributed by atoms with E-state index < -0.39 is 0 Å². The first-order valence-corrected chi connectivity index (χ1v) is 10.6. The average molecular weight is 357 g/mol. The summed E-state index contributed by atoms with van der Waals surface area (Å²) in [7, 11) is 0. The van der Waals surface area contributed by atoms with Crippen LogP contribution in [-0.2, 0) is 9.53 Å². The smallest absolute Gasteiger partial charge is 0.407 e. The van der Waals surface area contributed by atoms with Gasteiger partial charge >= 0.3 is 6.09 Å². The van der Waals surface area contributed by atoms with Crippen LogP contribution in [0.5, 0.6) is 0 Å². The molecule has 4 fully saturated rings. The molecule has 0 bridgehead atoms. The Kier molecular flexibility index (Phi) is 3.62. The van der Waals surface area contributed by atoms with Gasteiger partial charge in [0.25, 0.3) is 0 Å². The van der Waals surface area contributed by atoms with Crippen molar-refractivity contribution in [2.75, 3.05) is 6.54 Å². The standard InChI is InChI=1S/C22H31NO3/c1-21-9-7-14(24)11-13(21)3-4-15-16-5-6-18(19-12-23-20(25)26-19)22(16,2)10-8-17(15)21/h11,15-19H,3-10,12H2,1-2H3,(H,23,25)/t15-,16-,17+,18?,19?,21-,22-/m0/s1. The zero-order valence-electron chi connectivity index (χ0n) is 16.1. The number of ketones is 1. The molecule has 1 heterocycles. The predicted molar refractivity (Wildman–Crippen MR) is 98.5 cm³/mol. The van der Waals surface area contributed by atoms with Gasteiger partial charge in [0.1, 0.15) is 6.10 Å². The van der Waals surface area contributed by atoms with Crippen LogP contribution in [0.25, 0.3) is 0 Å². The molecule has 5 aliphatic rings. The van der Waals surface area contributed by atoms with Gasteiger partial charge in [0, 0.05) is 12.3 Å². The first kappa shape index (κ1) is 16.8. The molecule has 5 rings (SSSR count). The summed E-state index contributed by atoms with van der Waals surface area (Å²) in [5.74, 6) is 3.11. The van der Waals surface area contributed by atoms with Crippen molar-refractivity contribution in [2.45, 2.75) is 71.3 Å². The van der Waals surface area contributed by atoms with E-state index in [9.17, 15) is 9.59 Å². The SMILES string of the molecule is C[C@]12CCC(=O)C=C1CC[C@@H]1[C@H]2CC[C@]2(C)C(C3CNC(=O)O3)CC[C@@H]12. The van der Waals surface area contributed by atoms with Crippen LogP contribution in [0, 0.1) is 34.5 Å². The van der Waals surface area contributed by atoms with Crippen molar-refractivity contribution in [3.05, 3.63) is 11.6 Å². The van der Waals surface area contributed by atoms with Crippen LogP contribution in [0.4, 0.5) is 4.79 Å². The first-order chi connectivity index (χ1) is 12.4. The second-order valence-corrected chi connectivity index (χ2v) is 10.0. The van der Waals surface area contributed by atoms with Crippen molar-refractivity contribution >= 4 is 11.9 Å². The Labute approximate surface area is 156 Å². The molecule has 142 valence electrons. The van der Waals surface area contributed by atoms with Crippen molar-refractivity contribution in [1.29, 1.82) is 0 Å². The summed E-state index contributed by atoms with van der Waals surface area (Å²) in [6.07, 6.45) is 11.0. The highest BCUT2D eigenvalue weighted by atomic mass is 16.6. The highest BCUT2D eigenvalue weighted by Crippen LogP contribution is 2.67. The van der Waals surface area contributed by atoms with E-state index in [-0.39, 0.29) is 17.6 Å². The van der Waals surface area contributed by atoms with Crippen LogP contribution in [0.1, 0.15) is 65.2 Å². The molecular formula is C22H31NO3. The van der Waals surface area contributed by atoms with E-state index in [2.05, 4.69) is 19.2 Å². The van der Waals surface area contributed by atoms with E-state index in [1.165, 1.54) is 37.7 Å². The zero-order valence-corrected chi connectivity index (χ0v) is 16.1. The first-order valence-electron chi connectivity index (χ1n) is 10.6. The number of nitrogens with one attached hydrogen (secondary N) is 1. The minimum absolute atomic E-state index is 0.0657. The Morgan fingerprint density at radius 1 is 1.00 bits per heavy atom. The maximum atomic E-state index is 11.9. The van der Waals surface area contributed by atoms with Gasteiger partial charge in [-0.15, -0.1) is 0 Å². The molecular weight excluding hydrogens is 326 g/mol. The van der Waals surface area contributed by atoms with Crippen LogP contribution in [0.3, 0.4) is 0 Å². The lowest BCUT2D eigenvalue weighted by atomic mass is 9.46. The number of hydrogen-bond acceptors (Lipinski definition) is 3. The molecule has 0 aromatic heterocycles. The van der Waals surface area contributed by atoms with E-state index >= 15 is 0 Å². The van der Waals surface area contributed by atoms with Gasteiger partial charge in [-0.2, -0.15) is 0 Å². The number of alkyl carbamates (subject to hydrolysis) is 1. The second-order valence-electron chi connectivity index (χ2n) is 10.0. The van der Waals surface area contributed by atoms with Crippen molar-refractivity contribution in [3.63, 3.8) is 0 Å². The van der Waals surface area contributed by atoms with Gasteiger partial charge in [0.05, 0.1) is 6.54 Å². The Morgan fingerprint density at radius 2 is 1.81 bits per heavy atom. The van der Waals surface area contributed by atoms with E-state index in [1.54, 1.807) is 0 Å². The topological polar surface area (TPSA) is 55.4 Å². The summed E-state index contributed by atoms with van der Waals surface area (Å²) in [5, 5.41) is 2.86. The van der Waals surface area contributed by atoms with E-state index in [4.69, 9.17) is 4.74 Å². The maximum absolute atomic E-state index is 11.9. The number of allylic oxidation sites excluding steroid dienone is 1. The van der Waals surface area contributed by atoms with Crippen LogP contribution >= 0.6 is 0 Å². The van der Waals surface area contributed by atoms with E-state index in [0.29, 0.717) is 23.7 Å². The molecule has 7 atom stereocenters. The number of amides is 1. The molecule has 3 saturated carbocycles. The number of ether oxygens (including phenoxy) is 1. The molecule has 4 nitrogen and oxygen atoms in total. The number of cyclic esters (lactones) is 1. The van der Waals surface area contributed by atoms with Crippen molar-refractivity contribution in [3.8, 4) is 0 Å². The third kappa shape index (κ3) is 2.20. The van der Waals surface area contributed by atoms with Gasteiger partial charge in [0.15, 0.2) is 5.78 Å². The van der Waals surface area contributed by atoms with Gasteiger partial charge in [0.2, 0.25) is 0 Å².